The molecule has 0 bridgehead atoms. The molecular formula is C16H12FN5S. The molecule has 0 radical (unpaired) electrons. The highest BCUT2D eigenvalue weighted by molar-refractivity contribution is 8.00. The van der Waals surface area contributed by atoms with Gasteiger partial charge in [0.15, 0.2) is 0 Å². The van der Waals surface area contributed by atoms with Gasteiger partial charge < -0.3 is 5.32 Å². The van der Waals surface area contributed by atoms with Crippen LogP contribution in [-0.2, 0) is 0 Å². The summed E-state index contributed by atoms with van der Waals surface area (Å²) in [6.45, 7) is 0. The lowest BCUT2D eigenvalue weighted by Gasteiger charge is -2.24. The lowest BCUT2D eigenvalue weighted by molar-refractivity contribution is 0.628. The molecule has 1 aliphatic rings. The second-order valence-electron chi connectivity index (χ2n) is 4.84. The Morgan fingerprint density at radius 2 is 1.83 bits per heavy atom. The summed E-state index contributed by atoms with van der Waals surface area (Å²) >= 11 is 1.55. The van der Waals surface area contributed by atoms with E-state index in [4.69, 9.17) is 0 Å². The zero-order chi connectivity index (χ0) is 15.6. The van der Waals surface area contributed by atoms with Gasteiger partial charge in [-0.25, -0.2) is 18.5 Å². The molecule has 3 aromatic rings. The van der Waals surface area contributed by atoms with Gasteiger partial charge in [-0.05, 0) is 36.4 Å². The number of benzene rings is 1. The molecule has 1 aromatic carbocycles. The molecule has 0 atom stereocenters. The van der Waals surface area contributed by atoms with E-state index in [0.717, 1.165) is 16.2 Å². The van der Waals surface area contributed by atoms with Gasteiger partial charge in [0.25, 0.3) is 0 Å². The van der Waals surface area contributed by atoms with Crippen molar-refractivity contribution in [2.75, 3.05) is 9.73 Å². The van der Waals surface area contributed by atoms with Crippen LogP contribution in [0.25, 0.3) is 11.3 Å². The van der Waals surface area contributed by atoms with Crippen LogP contribution in [0.3, 0.4) is 0 Å². The van der Waals surface area contributed by atoms with Crippen molar-refractivity contribution < 1.29 is 4.39 Å². The average molecular weight is 325 g/mol. The summed E-state index contributed by atoms with van der Waals surface area (Å²) in [6, 6.07) is 10.2. The summed E-state index contributed by atoms with van der Waals surface area (Å²) < 4.78 is 16.9. The minimum atomic E-state index is -0.257. The van der Waals surface area contributed by atoms with E-state index in [1.165, 1.54) is 12.1 Å². The highest BCUT2D eigenvalue weighted by Gasteiger charge is 2.17. The third-order valence-electron chi connectivity index (χ3n) is 3.30. The van der Waals surface area contributed by atoms with Crippen LogP contribution in [0.15, 0.2) is 72.3 Å². The number of nitrogens with one attached hydrogen (secondary N) is 1. The van der Waals surface area contributed by atoms with E-state index < -0.39 is 0 Å². The zero-order valence-corrected chi connectivity index (χ0v) is 12.7. The molecule has 0 aliphatic carbocycles. The fourth-order valence-corrected chi connectivity index (χ4v) is 3.00. The van der Waals surface area contributed by atoms with Crippen molar-refractivity contribution in [2.24, 2.45) is 0 Å². The van der Waals surface area contributed by atoms with Gasteiger partial charge in [0.05, 0.1) is 18.1 Å². The summed E-state index contributed by atoms with van der Waals surface area (Å²) in [7, 11) is 0. The summed E-state index contributed by atoms with van der Waals surface area (Å²) in [5.41, 5.74) is 1.64. The third kappa shape index (κ3) is 2.78. The maximum Gasteiger partial charge on any atom is 0.227 e. The number of rotatable bonds is 3. The van der Waals surface area contributed by atoms with Crippen LogP contribution in [0.4, 0.5) is 10.3 Å². The van der Waals surface area contributed by atoms with E-state index in [1.807, 2.05) is 39.8 Å². The fraction of sp³-hybridized carbons (Fsp3) is 0. The van der Waals surface area contributed by atoms with Crippen LogP contribution in [0.2, 0.25) is 0 Å². The van der Waals surface area contributed by atoms with Gasteiger partial charge in [-0.2, -0.15) is 0 Å². The molecule has 0 saturated carbocycles. The fourth-order valence-electron chi connectivity index (χ4n) is 2.21. The van der Waals surface area contributed by atoms with Gasteiger partial charge in [0, 0.05) is 41.0 Å². The number of halogens is 1. The van der Waals surface area contributed by atoms with E-state index in [2.05, 4.69) is 15.3 Å². The molecule has 1 N–H and O–H groups in total. The first kappa shape index (κ1) is 13.8. The molecule has 0 spiro atoms. The van der Waals surface area contributed by atoms with Crippen molar-refractivity contribution in [1.82, 2.24) is 14.6 Å². The Hall–Kier alpha value is -2.80. The molecule has 23 heavy (non-hydrogen) atoms. The molecule has 5 nitrogen and oxygen atoms in total. The number of aromatic nitrogens is 3. The lowest BCUT2D eigenvalue weighted by atomic mass is 10.2. The highest BCUT2D eigenvalue weighted by atomic mass is 32.2. The van der Waals surface area contributed by atoms with Crippen LogP contribution < -0.4 is 9.73 Å². The van der Waals surface area contributed by atoms with Crippen molar-refractivity contribution >= 4 is 17.9 Å². The number of nitrogens with zero attached hydrogens (tertiary/aromatic N) is 4. The maximum atomic E-state index is 13.1. The van der Waals surface area contributed by atoms with Gasteiger partial charge in [-0.15, -0.1) is 0 Å². The normalized spacial score (nSPS) is 12.8. The van der Waals surface area contributed by atoms with Gasteiger partial charge in [0.1, 0.15) is 5.82 Å². The predicted octanol–water partition coefficient (Wildman–Crippen LogP) is 3.63. The summed E-state index contributed by atoms with van der Waals surface area (Å²) in [4.78, 5) is 9.64. The molecule has 4 rings (SSSR count). The van der Waals surface area contributed by atoms with E-state index in [9.17, 15) is 4.39 Å². The van der Waals surface area contributed by atoms with Gasteiger partial charge in [0.2, 0.25) is 5.95 Å². The smallest absolute Gasteiger partial charge is 0.227 e. The first-order valence-electron chi connectivity index (χ1n) is 6.96. The largest absolute Gasteiger partial charge is 0.329 e. The molecular weight excluding hydrogens is 313 g/mol. The topological polar surface area (TPSA) is 46.0 Å². The van der Waals surface area contributed by atoms with Crippen LogP contribution in [0.1, 0.15) is 0 Å². The standard InChI is InChI=1S/C16H12FN5S/c17-13-3-1-12(2-4-13)15-11-21-16(20-15)19-9-10-22(21)23-14-5-7-18-8-6-14/h1-11H,(H,19,20). The van der Waals surface area contributed by atoms with E-state index >= 15 is 0 Å². The minimum Gasteiger partial charge on any atom is -0.329 e. The van der Waals surface area contributed by atoms with Crippen molar-refractivity contribution in [3.05, 3.63) is 73.2 Å². The Morgan fingerprint density at radius 1 is 1.04 bits per heavy atom. The minimum absolute atomic E-state index is 0.257. The highest BCUT2D eigenvalue weighted by Crippen LogP contribution is 2.28. The quantitative estimate of drug-likeness (QED) is 0.745. The first-order chi connectivity index (χ1) is 11.3. The Balaban J connectivity index is 1.65. The molecule has 3 heterocycles. The predicted molar refractivity (Wildman–Crippen MR) is 88.7 cm³/mol. The van der Waals surface area contributed by atoms with Crippen molar-refractivity contribution in [3.63, 3.8) is 0 Å². The van der Waals surface area contributed by atoms with Crippen LogP contribution in [0.5, 0.6) is 0 Å². The number of hydrogen-bond donors (Lipinski definition) is 1. The number of imidazole rings is 1. The second-order valence-corrected chi connectivity index (χ2v) is 5.87. The van der Waals surface area contributed by atoms with Gasteiger partial charge >= 0.3 is 0 Å². The number of anilines is 1. The first-order valence-corrected chi connectivity index (χ1v) is 7.73. The van der Waals surface area contributed by atoms with Crippen LogP contribution in [-0.4, -0.2) is 14.6 Å². The molecule has 1 aliphatic heterocycles. The number of fused-ring (bicyclic) bond motifs is 1. The SMILES string of the molecule is Fc1ccc(-c2cn3c(n2)NC=CN3Sc2ccncc2)cc1. The van der Waals surface area contributed by atoms with Crippen LogP contribution in [0, 0.1) is 5.82 Å². The maximum absolute atomic E-state index is 13.1. The summed E-state index contributed by atoms with van der Waals surface area (Å²) in [5.74, 6) is 0.445. The molecule has 7 heteroatoms. The van der Waals surface area contributed by atoms with Gasteiger partial charge in [-0.3, -0.25) is 4.98 Å². The Kier molecular flexibility index (Phi) is 3.47. The average Bonchev–Trinajstić information content (AvgIpc) is 3.02. The molecule has 0 unspecified atom stereocenters. The third-order valence-corrected chi connectivity index (χ3v) is 4.27. The molecule has 114 valence electrons. The lowest BCUT2D eigenvalue weighted by Crippen LogP contribution is -2.25. The summed E-state index contributed by atoms with van der Waals surface area (Å²) in [6.07, 6.45) is 9.16. The molecule has 0 saturated heterocycles. The molecule has 0 amide bonds. The van der Waals surface area contributed by atoms with Crippen molar-refractivity contribution in [2.45, 2.75) is 4.90 Å². The monoisotopic (exact) mass is 325 g/mol. The second kappa shape index (κ2) is 5.77. The Labute approximate surface area is 136 Å². The number of hydrogen-bond acceptors (Lipinski definition) is 5. The Morgan fingerprint density at radius 3 is 2.61 bits per heavy atom. The van der Waals surface area contributed by atoms with E-state index in [1.54, 1.807) is 36.5 Å². The van der Waals surface area contributed by atoms with E-state index in [0.29, 0.717) is 5.95 Å². The van der Waals surface area contributed by atoms with Crippen molar-refractivity contribution in [1.29, 1.82) is 0 Å². The summed E-state index contributed by atoms with van der Waals surface area (Å²) in [5, 5.41) is 3.11. The van der Waals surface area contributed by atoms with Crippen LogP contribution >= 0.6 is 11.9 Å². The zero-order valence-electron chi connectivity index (χ0n) is 11.9. The number of pyridine rings is 1. The van der Waals surface area contributed by atoms with E-state index in [-0.39, 0.29) is 5.82 Å². The van der Waals surface area contributed by atoms with Crippen molar-refractivity contribution in [3.8, 4) is 11.3 Å². The Bertz CT molecular complexity index is 845. The molecule has 2 aromatic heterocycles. The molecule has 0 fully saturated rings. The van der Waals surface area contributed by atoms with Gasteiger partial charge in [-0.1, -0.05) is 0 Å².